The number of ether oxygens (including phenoxy) is 1. The molecule has 0 aromatic heterocycles. The third-order valence-corrected chi connectivity index (χ3v) is 5.54. The predicted octanol–water partition coefficient (Wildman–Crippen LogP) is 3.57. The average molecular weight is 353 g/mol. The third kappa shape index (κ3) is 3.64. The van der Waals surface area contributed by atoms with Gasteiger partial charge < -0.3 is 10.1 Å². The second-order valence-electron chi connectivity index (χ2n) is 6.85. The lowest BCUT2D eigenvalue weighted by Gasteiger charge is -2.28. The quantitative estimate of drug-likeness (QED) is 0.626. The maximum Gasteiger partial charge on any atom is 0.312 e. The smallest absolute Gasteiger partial charge is 0.312 e. The first-order valence-electron chi connectivity index (χ1n) is 8.30. The van der Waals surface area contributed by atoms with Gasteiger partial charge in [-0.3, -0.25) is 14.9 Å². The van der Waals surface area contributed by atoms with Gasteiger partial charge in [0.15, 0.2) is 12.4 Å². The number of rotatable bonds is 6. The molecule has 0 saturated heterocycles. The fraction of sp³-hybridized carbons (Fsp3) is 0.588. The van der Waals surface area contributed by atoms with Crippen LogP contribution in [-0.4, -0.2) is 23.5 Å². The number of nitrogens with one attached hydrogen (secondary N) is 1. The molecule has 2 fully saturated rings. The normalized spacial score (nSPS) is 26.2. The van der Waals surface area contributed by atoms with Crippen molar-refractivity contribution in [2.45, 2.75) is 38.6 Å². The average Bonchev–Trinajstić information content (AvgIpc) is 3.16. The molecular weight excluding hydrogens is 332 g/mol. The van der Waals surface area contributed by atoms with Crippen LogP contribution in [-0.2, 0) is 4.79 Å². The van der Waals surface area contributed by atoms with Crippen LogP contribution < -0.4 is 10.1 Å². The minimum atomic E-state index is -0.572. The van der Waals surface area contributed by atoms with Gasteiger partial charge in [0.25, 0.3) is 5.91 Å². The molecule has 2 aliphatic rings. The van der Waals surface area contributed by atoms with Gasteiger partial charge in [-0.15, -0.1) is 0 Å². The minimum Gasteiger partial charge on any atom is -0.477 e. The summed E-state index contributed by atoms with van der Waals surface area (Å²) in [6.07, 6.45) is 5.07. The Morgan fingerprint density at radius 1 is 1.46 bits per heavy atom. The van der Waals surface area contributed by atoms with Crippen LogP contribution >= 0.6 is 11.6 Å². The van der Waals surface area contributed by atoms with Gasteiger partial charge >= 0.3 is 5.69 Å². The largest absolute Gasteiger partial charge is 0.477 e. The standard InChI is InChI=1S/C17H21ClN2O4/c1-10(14-7-11-2-3-12(14)6-11)19-17(21)9-24-16-5-4-13(18)8-15(16)20(22)23/h4-5,8,10-12,14H,2-3,6-7,9H2,1H3,(H,19,21). The van der Waals surface area contributed by atoms with E-state index < -0.39 is 4.92 Å². The Labute approximate surface area is 145 Å². The van der Waals surface area contributed by atoms with Crippen LogP contribution in [0, 0.1) is 27.9 Å². The number of nitro benzene ring substituents is 1. The lowest BCUT2D eigenvalue weighted by atomic mass is 9.84. The van der Waals surface area contributed by atoms with Gasteiger partial charge in [0.2, 0.25) is 0 Å². The Balaban J connectivity index is 1.53. The van der Waals surface area contributed by atoms with Crippen LogP contribution in [0.25, 0.3) is 0 Å². The number of fused-ring (bicyclic) bond motifs is 2. The molecule has 130 valence electrons. The fourth-order valence-electron chi connectivity index (χ4n) is 4.21. The van der Waals surface area contributed by atoms with Crippen molar-refractivity contribution in [1.29, 1.82) is 0 Å². The molecule has 2 saturated carbocycles. The predicted molar refractivity (Wildman–Crippen MR) is 90.1 cm³/mol. The number of carbonyl (C=O) groups is 1. The van der Waals surface area contributed by atoms with Crippen molar-refractivity contribution in [2.24, 2.45) is 17.8 Å². The number of nitrogens with zero attached hydrogens (tertiary/aromatic N) is 1. The Kier molecular flexibility index (Phi) is 4.94. The molecule has 3 rings (SSSR count). The van der Waals surface area contributed by atoms with Crippen molar-refractivity contribution < 1.29 is 14.5 Å². The Hall–Kier alpha value is -1.82. The van der Waals surface area contributed by atoms with E-state index in [1.807, 2.05) is 6.92 Å². The summed E-state index contributed by atoms with van der Waals surface area (Å²) in [5.74, 6) is 1.88. The van der Waals surface area contributed by atoms with Gasteiger partial charge in [0.1, 0.15) is 0 Å². The van der Waals surface area contributed by atoms with E-state index in [-0.39, 0.29) is 35.0 Å². The highest BCUT2D eigenvalue weighted by Gasteiger charge is 2.42. The number of hydrogen-bond donors (Lipinski definition) is 1. The number of amides is 1. The molecule has 4 unspecified atom stereocenters. The van der Waals surface area contributed by atoms with Crippen molar-refractivity contribution in [3.63, 3.8) is 0 Å². The van der Waals surface area contributed by atoms with Gasteiger partial charge in [-0.1, -0.05) is 18.0 Å². The summed E-state index contributed by atoms with van der Waals surface area (Å²) in [5, 5.41) is 14.2. The molecule has 0 spiro atoms. The number of nitro groups is 1. The number of benzene rings is 1. The SMILES string of the molecule is CC(NC(=O)COc1ccc(Cl)cc1[N+](=O)[O-])C1CC2CCC1C2. The highest BCUT2D eigenvalue weighted by atomic mass is 35.5. The zero-order valence-electron chi connectivity index (χ0n) is 13.5. The van der Waals surface area contributed by atoms with E-state index in [2.05, 4.69) is 5.32 Å². The fourth-order valence-corrected chi connectivity index (χ4v) is 4.37. The molecule has 7 heteroatoms. The highest BCUT2D eigenvalue weighted by Crippen LogP contribution is 2.49. The van der Waals surface area contributed by atoms with E-state index in [0.29, 0.717) is 5.92 Å². The summed E-state index contributed by atoms with van der Waals surface area (Å²) >= 11 is 5.76. The summed E-state index contributed by atoms with van der Waals surface area (Å²) in [4.78, 5) is 22.5. The van der Waals surface area contributed by atoms with Crippen LogP contribution in [0.3, 0.4) is 0 Å². The first-order chi connectivity index (χ1) is 11.4. The molecule has 2 aliphatic carbocycles. The van der Waals surface area contributed by atoms with Crippen LogP contribution in [0.15, 0.2) is 18.2 Å². The lowest BCUT2D eigenvalue weighted by molar-refractivity contribution is -0.385. The van der Waals surface area contributed by atoms with E-state index in [1.165, 1.54) is 43.9 Å². The molecule has 1 aromatic carbocycles. The van der Waals surface area contributed by atoms with E-state index in [0.717, 1.165) is 11.8 Å². The topological polar surface area (TPSA) is 81.5 Å². The highest BCUT2D eigenvalue weighted by molar-refractivity contribution is 6.30. The van der Waals surface area contributed by atoms with Gasteiger partial charge in [-0.2, -0.15) is 0 Å². The number of hydrogen-bond acceptors (Lipinski definition) is 4. The van der Waals surface area contributed by atoms with Gasteiger partial charge in [0, 0.05) is 17.1 Å². The zero-order chi connectivity index (χ0) is 17.3. The van der Waals surface area contributed by atoms with E-state index in [4.69, 9.17) is 16.3 Å². The van der Waals surface area contributed by atoms with E-state index in [1.54, 1.807) is 0 Å². The maximum atomic E-state index is 12.1. The van der Waals surface area contributed by atoms with E-state index >= 15 is 0 Å². The molecule has 1 N–H and O–H groups in total. The minimum absolute atomic E-state index is 0.0483. The van der Waals surface area contributed by atoms with Gasteiger partial charge in [0.05, 0.1) is 4.92 Å². The molecular formula is C17H21ClN2O4. The van der Waals surface area contributed by atoms with Crippen LogP contribution in [0.5, 0.6) is 5.75 Å². The third-order valence-electron chi connectivity index (χ3n) is 5.30. The Morgan fingerprint density at radius 2 is 2.25 bits per heavy atom. The lowest BCUT2D eigenvalue weighted by Crippen LogP contribution is -2.42. The zero-order valence-corrected chi connectivity index (χ0v) is 14.3. The van der Waals surface area contributed by atoms with Crippen LogP contribution in [0.1, 0.15) is 32.6 Å². The van der Waals surface area contributed by atoms with Crippen molar-refractivity contribution in [2.75, 3.05) is 6.61 Å². The monoisotopic (exact) mass is 352 g/mol. The van der Waals surface area contributed by atoms with Gasteiger partial charge in [-0.25, -0.2) is 0 Å². The number of halogens is 1. The molecule has 2 bridgehead atoms. The van der Waals surface area contributed by atoms with E-state index in [9.17, 15) is 14.9 Å². The Bertz CT molecular complexity index is 651. The van der Waals surface area contributed by atoms with Crippen LogP contribution in [0.2, 0.25) is 5.02 Å². The van der Waals surface area contributed by atoms with Gasteiger partial charge in [-0.05, 0) is 56.1 Å². The summed E-state index contributed by atoms with van der Waals surface area (Å²) in [7, 11) is 0. The summed E-state index contributed by atoms with van der Waals surface area (Å²) < 4.78 is 5.33. The molecule has 0 aliphatic heterocycles. The molecule has 1 aromatic rings. The second-order valence-corrected chi connectivity index (χ2v) is 7.29. The first-order valence-corrected chi connectivity index (χ1v) is 8.68. The van der Waals surface area contributed by atoms with Crippen LogP contribution in [0.4, 0.5) is 5.69 Å². The number of carbonyl (C=O) groups excluding carboxylic acids is 1. The first kappa shape index (κ1) is 17.0. The maximum absolute atomic E-state index is 12.1. The summed E-state index contributed by atoms with van der Waals surface area (Å²) in [6.45, 7) is 1.79. The Morgan fingerprint density at radius 3 is 2.88 bits per heavy atom. The summed E-state index contributed by atoms with van der Waals surface area (Å²) in [5.41, 5.74) is -0.239. The molecule has 0 heterocycles. The molecule has 6 nitrogen and oxygen atoms in total. The summed E-state index contributed by atoms with van der Waals surface area (Å²) in [6, 6.07) is 4.23. The molecule has 0 radical (unpaired) electrons. The molecule has 1 amide bonds. The molecule has 24 heavy (non-hydrogen) atoms. The van der Waals surface area contributed by atoms with Crippen molar-refractivity contribution in [3.8, 4) is 5.75 Å². The second kappa shape index (κ2) is 6.97. The van der Waals surface area contributed by atoms with Crippen molar-refractivity contribution in [3.05, 3.63) is 33.3 Å². The molecule has 4 atom stereocenters. The van der Waals surface area contributed by atoms with Crippen molar-refractivity contribution >= 4 is 23.2 Å². The van der Waals surface area contributed by atoms with Crippen molar-refractivity contribution in [1.82, 2.24) is 5.32 Å².